The minimum atomic E-state index is -0.742. The molecule has 0 radical (unpaired) electrons. The van der Waals surface area contributed by atoms with Gasteiger partial charge in [-0.05, 0) is 72.2 Å². The zero-order valence-electron chi connectivity index (χ0n) is 37.3. The smallest absolute Gasteiger partial charge is 0.253 e. The molecule has 0 spiro atoms. The molecule has 5 aliphatic rings. The lowest BCUT2D eigenvalue weighted by Crippen LogP contribution is -2.43. The summed E-state index contributed by atoms with van der Waals surface area (Å²) in [4.78, 5) is 87.0. The van der Waals surface area contributed by atoms with Crippen molar-refractivity contribution < 1.29 is 28.8 Å². The van der Waals surface area contributed by atoms with Gasteiger partial charge in [0.2, 0.25) is 23.6 Å². The highest BCUT2D eigenvalue weighted by molar-refractivity contribution is 6.00. The molecule has 342 valence electrons. The van der Waals surface area contributed by atoms with Gasteiger partial charge in [0, 0.05) is 79.7 Å². The Bertz CT molecular complexity index is 2540. The number of benzene rings is 5. The standard InChI is InChI=1S/C55H56N6O6/c62-50(56-26-25-34-13-5-1-6-14-34)43-30-60(31-44(43)51(63)57-47-27-40(47)35-15-7-2-8-16-35)54(66)38-21-23-39(24-22-38)55(67)61-32-45(52(64)58-48-28-41(48)36-17-9-3-10-18-36)46(33-61)53(65)59-49-29-42(49)37-19-11-4-12-20-37/h1-24,40-49H,25-33H2,(H,56,62)(H,57,63)(H,58,64)(H,59,65)/t40?,41?,42?,43-,44-,45-,46-,47?,48?,49?/m0/s1. The van der Waals surface area contributed by atoms with Gasteiger partial charge in [-0.3, -0.25) is 28.8 Å². The lowest BCUT2D eigenvalue weighted by molar-refractivity contribution is -0.133. The summed E-state index contributed by atoms with van der Waals surface area (Å²) in [5.74, 6) is -3.98. The van der Waals surface area contributed by atoms with Crippen molar-refractivity contribution in [3.63, 3.8) is 0 Å². The van der Waals surface area contributed by atoms with Gasteiger partial charge in [-0.2, -0.15) is 0 Å². The Morgan fingerprint density at radius 1 is 0.403 bits per heavy atom. The Kier molecular flexibility index (Phi) is 12.4. The van der Waals surface area contributed by atoms with Gasteiger partial charge in [0.05, 0.1) is 23.7 Å². The quantitative estimate of drug-likeness (QED) is 0.110. The van der Waals surface area contributed by atoms with Crippen molar-refractivity contribution in [3.8, 4) is 0 Å². The number of carbonyl (C=O) groups excluding carboxylic acids is 6. The average Bonchev–Trinajstić information content (AvgIpc) is 4.34. The van der Waals surface area contributed by atoms with Gasteiger partial charge in [0.1, 0.15) is 0 Å². The van der Waals surface area contributed by atoms with E-state index in [2.05, 4.69) is 57.7 Å². The Morgan fingerprint density at radius 3 is 1.06 bits per heavy atom. The van der Waals surface area contributed by atoms with Crippen molar-refractivity contribution in [3.05, 3.63) is 179 Å². The minimum absolute atomic E-state index is 0.0332. The molecule has 67 heavy (non-hydrogen) atoms. The molecule has 5 aromatic carbocycles. The summed E-state index contributed by atoms with van der Waals surface area (Å²) >= 11 is 0. The number of rotatable bonds is 15. The molecule has 12 nitrogen and oxygen atoms in total. The summed E-state index contributed by atoms with van der Waals surface area (Å²) in [6.07, 6.45) is 3.08. The van der Waals surface area contributed by atoms with Gasteiger partial charge in [0.25, 0.3) is 11.8 Å². The fourth-order valence-electron chi connectivity index (χ4n) is 10.4. The first kappa shape index (κ1) is 43.8. The second-order valence-corrected chi connectivity index (χ2v) is 19.1. The third-order valence-corrected chi connectivity index (χ3v) is 14.5. The highest BCUT2D eigenvalue weighted by atomic mass is 16.2. The molecule has 10 rings (SSSR count). The molecule has 3 saturated carbocycles. The molecule has 2 saturated heterocycles. The molecule has 0 aromatic heterocycles. The van der Waals surface area contributed by atoms with E-state index in [0.717, 1.165) is 41.5 Å². The average molecular weight is 897 g/mol. The van der Waals surface area contributed by atoms with E-state index < -0.39 is 23.7 Å². The van der Waals surface area contributed by atoms with E-state index in [1.54, 1.807) is 34.1 Å². The van der Waals surface area contributed by atoms with Crippen LogP contribution in [-0.4, -0.2) is 96.1 Å². The molecule has 0 bridgehead atoms. The van der Waals surface area contributed by atoms with Crippen LogP contribution in [0.3, 0.4) is 0 Å². The minimum Gasteiger partial charge on any atom is -0.355 e. The molecule has 10 atom stereocenters. The van der Waals surface area contributed by atoms with Gasteiger partial charge < -0.3 is 31.1 Å². The maximum Gasteiger partial charge on any atom is 0.253 e. The van der Waals surface area contributed by atoms with Crippen LogP contribution >= 0.6 is 0 Å². The van der Waals surface area contributed by atoms with E-state index in [1.165, 1.54) is 0 Å². The predicted molar refractivity (Wildman–Crippen MR) is 253 cm³/mol. The number of nitrogens with zero attached hydrogens (tertiary/aromatic N) is 2. The largest absolute Gasteiger partial charge is 0.355 e. The van der Waals surface area contributed by atoms with Crippen molar-refractivity contribution >= 4 is 35.4 Å². The molecule has 2 heterocycles. The summed E-state index contributed by atoms with van der Waals surface area (Å²) in [5.41, 5.74) is 5.20. The number of nitrogens with one attached hydrogen (secondary N) is 4. The number of hydrogen-bond acceptors (Lipinski definition) is 6. The number of amides is 6. The molecule has 3 aliphatic carbocycles. The fraction of sp³-hybridized carbons (Fsp3) is 0.345. The predicted octanol–water partition coefficient (Wildman–Crippen LogP) is 5.44. The Morgan fingerprint density at radius 2 is 0.716 bits per heavy atom. The molecular formula is C55H56N6O6. The van der Waals surface area contributed by atoms with Crippen LogP contribution in [0.25, 0.3) is 0 Å². The van der Waals surface area contributed by atoms with Crippen molar-refractivity contribution in [2.45, 2.75) is 61.6 Å². The zero-order chi connectivity index (χ0) is 46.0. The lowest BCUT2D eigenvalue weighted by atomic mass is 9.94. The first-order valence-electron chi connectivity index (χ1n) is 23.7. The second kappa shape index (κ2) is 19.0. The monoisotopic (exact) mass is 896 g/mol. The number of hydrogen-bond donors (Lipinski definition) is 4. The SMILES string of the molecule is O=C(NCCc1ccccc1)[C@H]1CN(C(=O)c2ccc(C(=O)N3C[C@H](C(=O)NC4CC4c4ccccc4)[C@@H](C(=O)NC4CC4c4ccccc4)C3)cc2)C[C@@H]1C(=O)NC1CC1c1ccccc1. The molecule has 2 aliphatic heterocycles. The van der Waals surface area contributed by atoms with Crippen LogP contribution in [0.5, 0.6) is 0 Å². The third-order valence-electron chi connectivity index (χ3n) is 14.5. The first-order chi connectivity index (χ1) is 32.7. The van der Waals surface area contributed by atoms with Crippen LogP contribution in [-0.2, 0) is 25.6 Å². The summed E-state index contributed by atoms with van der Waals surface area (Å²) in [5, 5.41) is 12.6. The first-order valence-corrected chi connectivity index (χ1v) is 23.7. The molecule has 5 aromatic rings. The summed E-state index contributed by atoms with van der Waals surface area (Å²) in [7, 11) is 0. The normalized spacial score (nSPS) is 26.8. The summed E-state index contributed by atoms with van der Waals surface area (Å²) in [6.45, 7) is 0.706. The van der Waals surface area contributed by atoms with Crippen molar-refractivity contribution in [2.75, 3.05) is 32.7 Å². The summed E-state index contributed by atoms with van der Waals surface area (Å²) < 4.78 is 0. The maximum atomic E-state index is 14.2. The lowest BCUT2D eigenvalue weighted by Gasteiger charge is -2.18. The van der Waals surface area contributed by atoms with Crippen LogP contribution in [0.2, 0.25) is 0 Å². The van der Waals surface area contributed by atoms with Crippen LogP contribution in [0.15, 0.2) is 146 Å². The molecule has 4 N–H and O–H groups in total. The van der Waals surface area contributed by atoms with Crippen LogP contribution < -0.4 is 21.3 Å². The zero-order valence-corrected chi connectivity index (χ0v) is 37.3. The van der Waals surface area contributed by atoms with Crippen molar-refractivity contribution in [1.29, 1.82) is 0 Å². The van der Waals surface area contributed by atoms with E-state index in [1.807, 2.05) is 84.9 Å². The number of likely N-dealkylation sites (tertiary alicyclic amines) is 2. The van der Waals surface area contributed by atoms with Gasteiger partial charge in [-0.25, -0.2) is 0 Å². The second-order valence-electron chi connectivity index (χ2n) is 19.1. The van der Waals surface area contributed by atoms with Crippen LogP contribution in [0.1, 0.15) is 80.0 Å². The number of carbonyl (C=O) groups is 6. The fourth-order valence-corrected chi connectivity index (χ4v) is 10.4. The highest BCUT2D eigenvalue weighted by Crippen LogP contribution is 2.43. The topological polar surface area (TPSA) is 157 Å². The Balaban J connectivity index is 0.798. The van der Waals surface area contributed by atoms with E-state index in [-0.39, 0.29) is 97.5 Å². The van der Waals surface area contributed by atoms with Gasteiger partial charge in [-0.1, -0.05) is 121 Å². The van der Waals surface area contributed by atoms with E-state index in [9.17, 15) is 28.8 Å². The van der Waals surface area contributed by atoms with E-state index in [4.69, 9.17) is 0 Å². The Labute approximate surface area is 390 Å². The Hall–Kier alpha value is -7.08. The van der Waals surface area contributed by atoms with Gasteiger partial charge in [-0.15, -0.1) is 0 Å². The van der Waals surface area contributed by atoms with Crippen molar-refractivity contribution in [2.24, 2.45) is 23.7 Å². The third kappa shape index (κ3) is 9.89. The molecular weight excluding hydrogens is 841 g/mol. The maximum absolute atomic E-state index is 14.2. The molecule has 6 amide bonds. The van der Waals surface area contributed by atoms with Gasteiger partial charge in [0.15, 0.2) is 0 Å². The molecule has 6 unspecified atom stereocenters. The highest BCUT2D eigenvalue weighted by Gasteiger charge is 2.50. The molecule has 12 heteroatoms. The molecule has 5 fully saturated rings. The van der Waals surface area contributed by atoms with E-state index >= 15 is 0 Å². The van der Waals surface area contributed by atoms with E-state index in [0.29, 0.717) is 24.1 Å². The summed E-state index contributed by atoms with van der Waals surface area (Å²) in [6, 6.07) is 46.2. The van der Waals surface area contributed by atoms with Crippen LogP contribution in [0, 0.1) is 23.7 Å². The van der Waals surface area contributed by atoms with Crippen LogP contribution in [0.4, 0.5) is 0 Å². The van der Waals surface area contributed by atoms with Gasteiger partial charge >= 0.3 is 0 Å². The van der Waals surface area contributed by atoms with Crippen molar-refractivity contribution in [1.82, 2.24) is 31.1 Å².